The summed E-state index contributed by atoms with van der Waals surface area (Å²) in [6, 6.07) is 1.44. The molecule has 0 radical (unpaired) electrons. The second-order valence-corrected chi connectivity index (χ2v) is 7.54. The minimum Gasteiger partial charge on any atom is -0.272 e. The molecule has 20 heavy (non-hydrogen) atoms. The van der Waals surface area contributed by atoms with Crippen molar-refractivity contribution in [2.24, 2.45) is 0 Å². The van der Waals surface area contributed by atoms with E-state index in [1.165, 1.54) is 64.2 Å². The number of rotatable bonds is 5. The Hall–Kier alpha value is -0.120. The lowest BCUT2D eigenvalue weighted by Gasteiger charge is -2.41. The van der Waals surface area contributed by atoms with Gasteiger partial charge in [-0.25, -0.2) is 9.78 Å². The lowest BCUT2D eigenvalue weighted by atomic mass is 9.89. The van der Waals surface area contributed by atoms with Crippen molar-refractivity contribution in [3.63, 3.8) is 0 Å². The quantitative estimate of drug-likeness (QED) is 0.416. The van der Waals surface area contributed by atoms with Gasteiger partial charge in [0, 0.05) is 12.1 Å². The van der Waals surface area contributed by atoms with Crippen molar-refractivity contribution < 1.29 is 9.78 Å². The summed E-state index contributed by atoms with van der Waals surface area (Å²) in [5.74, 6) is 0. The molecule has 3 nitrogen and oxygen atoms in total. The first-order valence-electron chi connectivity index (χ1n) is 8.63. The van der Waals surface area contributed by atoms with Gasteiger partial charge < -0.3 is 0 Å². The van der Waals surface area contributed by atoms with Crippen molar-refractivity contribution in [2.45, 2.75) is 103 Å². The Bertz CT molecular complexity index is 245. The summed E-state index contributed by atoms with van der Waals surface area (Å²) in [4.78, 5) is 13.7. The van der Waals surface area contributed by atoms with Gasteiger partial charge in [-0.2, -0.15) is 0 Å². The molecule has 2 aliphatic rings. The molecule has 0 atom stereocenters. The molecule has 0 bridgehead atoms. The molecule has 0 aromatic heterocycles. The SMILES string of the molecule is CC(C)(C)OOCN(C1CCCCC1)C1CCCCC1. The summed E-state index contributed by atoms with van der Waals surface area (Å²) in [5.41, 5.74) is -0.217. The highest BCUT2D eigenvalue weighted by Gasteiger charge is 2.29. The van der Waals surface area contributed by atoms with Crippen LogP contribution in [0.3, 0.4) is 0 Å². The highest BCUT2D eigenvalue weighted by Crippen LogP contribution is 2.30. The zero-order chi connectivity index (χ0) is 14.4. The topological polar surface area (TPSA) is 21.7 Å². The van der Waals surface area contributed by atoms with Crippen LogP contribution in [0.4, 0.5) is 0 Å². The Morgan fingerprint density at radius 2 is 1.25 bits per heavy atom. The predicted molar refractivity (Wildman–Crippen MR) is 82.4 cm³/mol. The Morgan fingerprint density at radius 1 is 0.800 bits per heavy atom. The maximum Gasteiger partial charge on any atom is 0.136 e. The highest BCUT2D eigenvalue weighted by molar-refractivity contribution is 4.82. The van der Waals surface area contributed by atoms with Crippen LogP contribution < -0.4 is 0 Å². The predicted octanol–water partition coefficient (Wildman–Crippen LogP) is 4.66. The third-order valence-corrected chi connectivity index (χ3v) is 4.60. The van der Waals surface area contributed by atoms with E-state index >= 15 is 0 Å². The molecule has 0 N–H and O–H groups in total. The molecular weight excluding hydrogens is 250 g/mol. The number of hydrogen-bond acceptors (Lipinski definition) is 3. The minimum absolute atomic E-state index is 0.217. The largest absolute Gasteiger partial charge is 0.272 e. The van der Waals surface area contributed by atoms with Gasteiger partial charge in [-0.3, -0.25) is 4.90 Å². The molecule has 0 aromatic rings. The first kappa shape index (κ1) is 16.3. The maximum atomic E-state index is 5.59. The maximum absolute atomic E-state index is 5.59. The fourth-order valence-corrected chi connectivity index (χ4v) is 3.60. The highest BCUT2D eigenvalue weighted by atomic mass is 17.2. The van der Waals surface area contributed by atoms with E-state index in [4.69, 9.17) is 9.78 Å². The normalized spacial score (nSPS) is 23.4. The summed E-state index contributed by atoms with van der Waals surface area (Å²) in [6.07, 6.45) is 13.7. The van der Waals surface area contributed by atoms with Crippen molar-refractivity contribution in [1.82, 2.24) is 4.90 Å². The van der Waals surface area contributed by atoms with Crippen LogP contribution in [0, 0.1) is 0 Å². The van der Waals surface area contributed by atoms with Crippen LogP contribution in [0.2, 0.25) is 0 Å². The average molecular weight is 283 g/mol. The first-order valence-corrected chi connectivity index (χ1v) is 8.63. The zero-order valence-corrected chi connectivity index (χ0v) is 13.7. The molecular formula is C17H33NO2. The molecule has 3 heteroatoms. The van der Waals surface area contributed by atoms with E-state index in [9.17, 15) is 0 Å². The van der Waals surface area contributed by atoms with E-state index in [-0.39, 0.29) is 5.60 Å². The molecule has 2 fully saturated rings. The molecule has 0 unspecified atom stereocenters. The van der Waals surface area contributed by atoms with E-state index < -0.39 is 0 Å². The van der Waals surface area contributed by atoms with Gasteiger partial charge in [0.25, 0.3) is 0 Å². The van der Waals surface area contributed by atoms with E-state index in [1.807, 2.05) is 20.8 Å². The van der Waals surface area contributed by atoms with Gasteiger partial charge in [0.15, 0.2) is 0 Å². The summed E-state index contributed by atoms with van der Waals surface area (Å²) in [6.45, 7) is 6.77. The third-order valence-electron chi connectivity index (χ3n) is 4.60. The number of hydrogen-bond donors (Lipinski definition) is 0. The molecule has 0 spiro atoms. The van der Waals surface area contributed by atoms with Crippen LogP contribution in [0.1, 0.15) is 85.0 Å². The van der Waals surface area contributed by atoms with Crippen LogP contribution >= 0.6 is 0 Å². The van der Waals surface area contributed by atoms with Crippen molar-refractivity contribution >= 4 is 0 Å². The van der Waals surface area contributed by atoms with E-state index in [0.717, 1.165) is 12.1 Å². The lowest BCUT2D eigenvalue weighted by Crippen LogP contribution is -2.46. The molecule has 2 aliphatic carbocycles. The third kappa shape index (κ3) is 5.34. The van der Waals surface area contributed by atoms with Crippen LogP contribution in [0.15, 0.2) is 0 Å². The molecule has 2 saturated carbocycles. The monoisotopic (exact) mass is 283 g/mol. The van der Waals surface area contributed by atoms with Crippen molar-refractivity contribution in [1.29, 1.82) is 0 Å². The standard InChI is InChI=1S/C17H33NO2/c1-17(2,3)20-19-14-18(15-10-6-4-7-11-15)16-12-8-5-9-13-16/h15-16H,4-14H2,1-3H3. The van der Waals surface area contributed by atoms with Gasteiger partial charge in [-0.15, -0.1) is 0 Å². The van der Waals surface area contributed by atoms with Crippen molar-refractivity contribution in [3.05, 3.63) is 0 Å². The van der Waals surface area contributed by atoms with Crippen LogP contribution in [0.25, 0.3) is 0 Å². The van der Waals surface area contributed by atoms with Gasteiger partial charge in [0.1, 0.15) is 6.73 Å². The van der Waals surface area contributed by atoms with E-state index in [1.54, 1.807) is 0 Å². The molecule has 2 rings (SSSR count). The number of nitrogens with zero attached hydrogens (tertiary/aromatic N) is 1. The first-order chi connectivity index (χ1) is 9.56. The molecule has 0 saturated heterocycles. The van der Waals surface area contributed by atoms with Crippen molar-refractivity contribution in [2.75, 3.05) is 6.73 Å². The second-order valence-electron chi connectivity index (χ2n) is 7.54. The fraction of sp³-hybridized carbons (Fsp3) is 1.00. The van der Waals surface area contributed by atoms with Crippen LogP contribution in [0.5, 0.6) is 0 Å². The van der Waals surface area contributed by atoms with Gasteiger partial charge in [0.05, 0.1) is 5.60 Å². The van der Waals surface area contributed by atoms with Crippen LogP contribution in [-0.4, -0.2) is 29.3 Å². The second kappa shape index (κ2) is 7.77. The minimum atomic E-state index is -0.217. The molecule has 0 aliphatic heterocycles. The lowest BCUT2D eigenvalue weighted by molar-refractivity contribution is -0.369. The fourth-order valence-electron chi connectivity index (χ4n) is 3.60. The molecule has 118 valence electrons. The van der Waals surface area contributed by atoms with Crippen molar-refractivity contribution in [3.8, 4) is 0 Å². The van der Waals surface area contributed by atoms with Gasteiger partial charge in [-0.1, -0.05) is 38.5 Å². The van der Waals surface area contributed by atoms with Gasteiger partial charge in [0.2, 0.25) is 0 Å². The van der Waals surface area contributed by atoms with Gasteiger partial charge >= 0.3 is 0 Å². The Morgan fingerprint density at radius 3 is 1.65 bits per heavy atom. The Balaban J connectivity index is 1.88. The van der Waals surface area contributed by atoms with E-state index in [0.29, 0.717) is 6.73 Å². The molecule has 0 aromatic carbocycles. The van der Waals surface area contributed by atoms with E-state index in [2.05, 4.69) is 4.90 Å². The molecule has 0 heterocycles. The summed E-state index contributed by atoms with van der Waals surface area (Å²) in [5, 5.41) is 0. The summed E-state index contributed by atoms with van der Waals surface area (Å²) in [7, 11) is 0. The summed E-state index contributed by atoms with van der Waals surface area (Å²) >= 11 is 0. The van der Waals surface area contributed by atoms with Gasteiger partial charge in [-0.05, 0) is 46.5 Å². The zero-order valence-electron chi connectivity index (χ0n) is 13.7. The molecule has 0 amide bonds. The smallest absolute Gasteiger partial charge is 0.136 e. The summed E-state index contributed by atoms with van der Waals surface area (Å²) < 4.78 is 0. The average Bonchev–Trinajstić information content (AvgIpc) is 2.44. The van der Waals surface area contributed by atoms with Crippen LogP contribution in [-0.2, 0) is 9.78 Å². The Labute approximate surface area is 124 Å². The Kier molecular flexibility index (Phi) is 6.31.